The van der Waals surface area contributed by atoms with Gasteiger partial charge in [-0.15, -0.1) is 0 Å². The summed E-state index contributed by atoms with van der Waals surface area (Å²) in [5.41, 5.74) is -0.522. The minimum absolute atomic E-state index is 0.0438. The van der Waals surface area contributed by atoms with Gasteiger partial charge in [0.2, 0.25) is 0 Å². The van der Waals surface area contributed by atoms with Crippen molar-refractivity contribution in [3.63, 3.8) is 0 Å². The second-order valence-corrected chi connectivity index (χ2v) is 6.59. The molecule has 0 aliphatic heterocycles. The first-order valence-corrected chi connectivity index (χ1v) is 8.65. The Balaban J connectivity index is 2.85. The van der Waals surface area contributed by atoms with Crippen LogP contribution in [-0.4, -0.2) is 32.4 Å². The summed E-state index contributed by atoms with van der Waals surface area (Å²) in [7, 11) is 0. The fourth-order valence-corrected chi connectivity index (χ4v) is 3.03. The zero-order valence-electron chi connectivity index (χ0n) is 14.2. The molecule has 0 saturated carbocycles. The van der Waals surface area contributed by atoms with Crippen LogP contribution in [0.2, 0.25) is 10.0 Å². The first kappa shape index (κ1) is 20.6. The second-order valence-electron chi connectivity index (χ2n) is 5.72. The van der Waals surface area contributed by atoms with Gasteiger partial charge in [0.05, 0.1) is 0 Å². The summed E-state index contributed by atoms with van der Waals surface area (Å²) in [6.45, 7) is 1.90. The zero-order valence-corrected chi connectivity index (χ0v) is 15.7. The molecule has 4 N–H and O–H groups in total. The fraction of sp³-hybridized carbons (Fsp3) is 0.158. The Morgan fingerprint density at radius 1 is 0.852 bits per heavy atom. The highest BCUT2D eigenvalue weighted by Crippen LogP contribution is 2.41. The first-order valence-electron chi connectivity index (χ1n) is 7.89. The molecular formula is C19H16Cl2O6. The van der Waals surface area contributed by atoms with Gasteiger partial charge in [-0.2, -0.15) is 0 Å². The monoisotopic (exact) mass is 410 g/mol. The molecule has 0 heterocycles. The van der Waals surface area contributed by atoms with Crippen LogP contribution in [-0.2, 0) is 0 Å². The molecule has 0 aromatic heterocycles. The van der Waals surface area contributed by atoms with Crippen LogP contribution in [0.15, 0.2) is 30.3 Å². The van der Waals surface area contributed by atoms with E-state index < -0.39 is 34.6 Å². The topological polar surface area (TPSA) is 115 Å². The molecule has 27 heavy (non-hydrogen) atoms. The average molecular weight is 411 g/mol. The number of halogens is 2. The van der Waals surface area contributed by atoms with Crippen LogP contribution in [0.5, 0.6) is 11.5 Å². The molecule has 142 valence electrons. The van der Waals surface area contributed by atoms with Gasteiger partial charge in [-0.3, -0.25) is 0 Å². The Labute approximate surface area is 164 Å². The molecule has 0 bridgehead atoms. The van der Waals surface area contributed by atoms with Crippen LogP contribution in [0.4, 0.5) is 0 Å². The first-order chi connectivity index (χ1) is 12.7. The Kier molecular flexibility index (Phi) is 6.36. The number of carbonyl (C=O) groups is 2. The normalized spacial score (nSPS) is 10.5. The highest BCUT2D eigenvalue weighted by Gasteiger charge is 2.23. The van der Waals surface area contributed by atoms with Crippen molar-refractivity contribution in [2.24, 2.45) is 0 Å². The predicted molar refractivity (Wildman–Crippen MR) is 102 cm³/mol. The predicted octanol–water partition coefficient (Wildman–Crippen LogP) is 5.03. The minimum atomic E-state index is -1.38. The number of carboxylic acids is 2. The Hall–Kier alpha value is -2.70. The van der Waals surface area contributed by atoms with E-state index in [1.807, 2.05) is 6.92 Å². The third-order valence-corrected chi connectivity index (χ3v) is 4.26. The SMILES string of the molecule is CCCC=C(c1cc(Cl)cc(C(=O)O)c1O)c1cc(Cl)cc(C(=O)O)c1O. The van der Waals surface area contributed by atoms with E-state index in [4.69, 9.17) is 23.2 Å². The summed E-state index contributed by atoms with van der Waals surface area (Å²) in [6.07, 6.45) is 2.87. The maximum atomic E-state index is 11.4. The lowest BCUT2D eigenvalue weighted by Crippen LogP contribution is -2.02. The number of aromatic hydroxyl groups is 2. The third-order valence-electron chi connectivity index (χ3n) is 3.83. The molecule has 2 aromatic rings. The van der Waals surface area contributed by atoms with E-state index in [2.05, 4.69) is 0 Å². The summed E-state index contributed by atoms with van der Waals surface area (Å²) in [6, 6.07) is 4.87. The van der Waals surface area contributed by atoms with Gasteiger partial charge in [-0.05, 0) is 36.3 Å². The smallest absolute Gasteiger partial charge is 0.339 e. The second kappa shape index (κ2) is 8.33. The number of allylic oxidation sites excluding steroid dienone is 1. The van der Waals surface area contributed by atoms with Crippen LogP contribution in [0.25, 0.3) is 5.57 Å². The molecule has 0 aliphatic carbocycles. The molecule has 6 nitrogen and oxygen atoms in total. The van der Waals surface area contributed by atoms with Gasteiger partial charge in [0.1, 0.15) is 22.6 Å². The van der Waals surface area contributed by atoms with E-state index in [0.29, 0.717) is 12.8 Å². The molecular weight excluding hydrogens is 395 g/mol. The van der Waals surface area contributed by atoms with Crippen LogP contribution in [0.1, 0.15) is 51.6 Å². The lowest BCUT2D eigenvalue weighted by atomic mass is 9.92. The van der Waals surface area contributed by atoms with Gasteiger partial charge in [0.15, 0.2) is 0 Å². The molecule has 0 spiro atoms. The number of aromatic carboxylic acids is 2. The molecule has 0 atom stereocenters. The molecule has 8 heteroatoms. The summed E-state index contributed by atoms with van der Waals surface area (Å²) in [5, 5.41) is 39.5. The van der Waals surface area contributed by atoms with E-state index >= 15 is 0 Å². The highest BCUT2D eigenvalue weighted by atomic mass is 35.5. The number of rotatable bonds is 6. The van der Waals surface area contributed by atoms with E-state index in [1.54, 1.807) is 6.08 Å². The minimum Gasteiger partial charge on any atom is -0.506 e. The standard InChI is InChI=1S/C19H16Cl2O6/c1-2-3-4-11(12-5-9(20)7-14(16(12)22)18(24)25)13-6-10(21)8-15(17(13)23)19(26)27/h4-8,22-23H,2-3H2,1H3,(H,24,25)(H,26,27). The third kappa shape index (κ3) is 4.35. The van der Waals surface area contributed by atoms with E-state index in [0.717, 1.165) is 12.1 Å². The maximum absolute atomic E-state index is 11.4. The van der Waals surface area contributed by atoms with E-state index in [-0.39, 0.29) is 26.7 Å². The summed E-state index contributed by atoms with van der Waals surface area (Å²) < 4.78 is 0. The van der Waals surface area contributed by atoms with Crippen molar-refractivity contribution in [3.8, 4) is 11.5 Å². The van der Waals surface area contributed by atoms with Crippen LogP contribution in [0, 0.1) is 0 Å². The lowest BCUT2D eigenvalue weighted by molar-refractivity contribution is 0.0682. The maximum Gasteiger partial charge on any atom is 0.339 e. The number of carboxylic acid groups (broad SMARTS) is 2. The van der Waals surface area contributed by atoms with Gasteiger partial charge in [-0.1, -0.05) is 42.6 Å². The quantitative estimate of drug-likeness (QED) is 0.530. The van der Waals surface area contributed by atoms with Gasteiger partial charge in [0, 0.05) is 21.2 Å². The number of unbranched alkanes of at least 4 members (excludes halogenated alkanes) is 1. The zero-order chi connectivity index (χ0) is 20.3. The van der Waals surface area contributed by atoms with Crippen LogP contribution >= 0.6 is 23.2 Å². The van der Waals surface area contributed by atoms with Gasteiger partial charge < -0.3 is 20.4 Å². The van der Waals surface area contributed by atoms with Crippen molar-refractivity contribution in [1.82, 2.24) is 0 Å². The van der Waals surface area contributed by atoms with Crippen molar-refractivity contribution in [1.29, 1.82) is 0 Å². The van der Waals surface area contributed by atoms with Crippen molar-refractivity contribution < 1.29 is 30.0 Å². The largest absolute Gasteiger partial charge is 0.506 e. The van der Waals surface area contributed by atoms with E-state index in [1.165, 1.54) is 12.1 Å². The van der Waals surface area contributed by atoms with Crippen molar-refractivity contribution in [3.05, 3.63) is 62.6 Å². The molecule has 0 amide bonds. The number of benzene rings is 2. The van der Waals surface area contributed by atoms with Crippen molar-refractivity contribution in [2.75, 3.05) is 0 Å². The summed E-state index contributed by atoms with van der Waals surface area (Å²) >= 11 is 12.0. The van der Waals surface area contributed by atoms with Crippen molar-refractivity contribution >= 4 is 40.7 Å². The highest BCUT2D eigenvalue weighted by molar-refractivity contribution is 6.32. The molecule has 0 radical (unpaired) electrons. The fourth-order valence-electron chi connectivity index (χ4n) is 2.59. The van der Waals surface area contributed by atoms with Gasteiger partial charge in [-0.25, -0.2) is 9.59 Å². The van der Waals surface area contributed by atoms with E-state index in [9.17, 15) is 30.0 Å². The van der Waals surface area contributed by atoms with Crippen molar-refractivity contribution in [2.45, 2.75) is 19.8 Å². The number of hydrogen-bond acceptors (Lipinski definition) is 4. The average Bonchev–Trinajstić information content (AvgIpc) is 2.59. The molecule has 0 fully saturated rings. The summed E-state index contributed by atoms with van der Waals surface area (Å²) in [4.78, 5) is 22.8. The van der Waals surface area contributed by atoms with Crippen LogP contribution < -0.4 is 0 Å². The molecule has 2 rings (SSSR count). The molecule has 0 unspecified atom stereocenters. The summed E-state index contributed by atoms with van der Waals surface area (Å²) in [5.74, 6) is -3.86. The molecule has 2 aromatic carbocycles. The lowest BCUT2D eigenvalue weighted by Gasteiger charge is -2.16. The number of hydrogen-bond donors (Lipinski definition) is 4. The Bertz CT molecular complexity index is 878. The number of phenols is 2. The van der Waals surface area contributed by atoms with Gasteiger partial charge in [0.25, 0.3) is 0 Å². The Morgan fingerprint density at radius 2 is 1.22 bits per heavy atom. The Morgan fingerprint density at radius 3 is 1.56 bits per heavy atom. The van der Waals surface area contributed by atoms with Crippen LogP contribution in [0.3, 0.4) is 0 Å². The molecule has 0 aliphatic rings. The van der Waals surface area contributed by atoms with Gasteiger partial charge >= 0.3 is 11.9 Å². The molecule has 0 saturated heterocycles.